The van der Waals surface area contributed by atoms with Gasteiger partial charge in [-0.15, -0.1) is 0 Å². The number of hydrogen-bond acceptors (Lipinski definition) is 3. The second-order valence-corrected chi connectivity index (χ2v) is 6.98. The number of hydrogen-bond donors (Lipinski definition) is 1. The van der Waals surface area contributed by atoms with E-state index in [9.17, 15) is 14.0 Å². The molecule has 28 heavy (non-hydrogen) atoms. The molecule has 6 heteroatoms. The maximum Gasteiger partial charge on any atom is 0.242 e. The summed E-state index contributed by atoms with van der Waals surface area (Å²) >= 11 is 0. The fourth-order valence-corrected chi connectivity index (χ4v) is 2.82. The number of carbonyl (C=O) groups excluding carboxylic acids is 2. The van der Waals surface area contributed by atoms with Gasteiger partial charge in [-0.2, -0.15) is 0 Å². The zero-order valence-electron chi connectivity index (χ0n) is 16.7. The van der Waals surface area contributed by atoms with E-state index in [1.807, 2.05) is 26.0 Å². The van der Waals surface area contributed by atoms with E-state index in [0.717, 1.165) is 5.56 Å². The van der Waals surface area contributed by atoms with Crippen LogP contribution in [0.3, 0.4) is 0 Å². The topological polar surface area (TPSA) is 58.6 Å². The average Bonchev–Trinajstić information content (AvgIpc) is 2.67. The summed E-state index contributed by atoms with van der Waals surface area (Å²) in [5.74, 6) is -0.282. The van der Waals surface area contributed by atoms with Crippen LogP contribution >= 0.6 is 0 Å². The molecular weight excluding hydrogens is 359 g/mol. The Hall–Kier alpha value is -2.89. The third-order valence-corrected chi connectivity index (χ3v) is 4.41. The average molecular weight is 386 g/mol. The van der Waals surface area contributed by atoms with E-state index >= 15 is 0 Å². The Kier molecular flexibility index (Phi) is 7.55. The molecule has 0 saturated heterocycles. The van der Waals surface area contributed by atoms with Crippen molar-refractivity contribution >= 4 is 11.8 Å². The molecule has 2 aromatic carbocycles. The van der Waals surface area contributed by atoms with Gasteiger partial charge >= 0.3 is 0 Å². The Balaban J connectivity index is 2.24. The summed E-state index contributed by atoms with van der Waals surface area (Å²) in [5, 5.41) is 2.83. The minimum Gasteiger partial charge on any atom is -0.497 e. The van der Waals surface area contributed by atoms with Crippen LogP contribution in [0, 0.1) is 5.82 Å². The van der Waals surface area contributed by atoms with Gasteiger partial charge in [0.2, 0.25) is 11.8 Å². The molecule has 2 amide bonds. The first kappa shape index (κ1) is 21.4. The first-order valence-corrected chi connectivity index (χ1v) is 9.28. The van der Waals surface area contributed by atoms with E-state index in [4.69, 9.17) is 4.74 Å². The predicted octanol–water partition coefficient (Wildman–Crippen LogP) is 3.32. The largest absolute Gasteiger partial charge is 0.497 e. The second-order valence-electron chi connectivity index (χ2n) is 6.98. The Morgan fingerprint density at radius 3 is 2.29 bits per heavy atom. The smallest absolute Gasteiger partial charge is 0.242 e. The number of methoxy groups -OCH3 is 1. The van der Waals surface area contributed by atoms with Crippen molar-refractivity contribution in [2.24, 2.45) is 0 Å². The Labute approximate surface area is 165 Å². The van der Waals surface area contributed by atoms with E-state index in [1.54, 1.807) is 44.4 Å². The molecule has 0 saturated carbocycles. The van der Waals surface area contributed by atoms with Gasteiger partial charge in [0.05, 0.1) is 13.5 Å². The van der Waals surface area contributed by atoms with Crippen molar-refractivity contribution in [2.75, 3.05) is 7.11 Å². The maximum absolute atomic E-state index is 14.0. The molecule has 1 N–H and O–H groups in total. The molecule has 0 spiro atoms. The summed E-state index contributed by atoms with van der Waals surface area (Å²) in [6.45, 7) is 5.64. The molecule has 5 nitrogen and oxygen atoms in total. The minimum absolute atomic E-state index is 0.0422. The van der Waals surface area contributed by atoms with E-state index in [1.165, 1.54) is 11.0 Å². The van der Waals surface area contributed by atoms with Crippen LogP contribution < -0.4 is 10.1 Å². The van der Waals surface area contributed by atoms with Crippen LogP contribution in [-0.4, -0.2) is 35.9 Å². The molecule has 0 aromatic heterocycles. The second kappa shape index (κ2) is 9.88. The molecule has 0 bridgehead atoms. The van der Waals surface area contributed by atoms with Gasteiger partial charge in [0.1, 0.15) is 17.6 Å². The van der Waals surface area contributed by atoms with Crippen LogP contribution in [0.15, 0.2) is 48.5 Å². The number of nitrogens with one attached hydrogen (secondary N) is 1. The summed E-state index contributed by atoms with van der Waals surface area (Å²) in [4.78, 5) is 27.0. The van der Waals surface area contributed by atoms with E-state index in [2.05, 4.69) is 5.32 Å². The van der Waals surface area contributed by atoms with Crippen molar-refractivity contribution in [3.05, 3.63) is 65.5 Å². The van der Waals surface area contributed by atoms with E-state index < -0.39 is 11.9 Å². The first-order chi connectivity index (χ1) is 13.3. The molecule has 2 rings (SSSR count). The van der Waals surface area contributed by atoms with Crippen molar-refractivity contribution in [1.29, 1.82) is 0 Å². The minimum atomic E-state index is -0.691. The quantitative estimate of drug-likeness (QED) is 0.757. The third-order valence-electron chi connectivity index (χ3n) is 4.41. The fourth-order valence-electron chi connectivity index (χ4n) is 2.82. The lowest BCUT2D eigenvalue weighted by atomic mass is 10.1. The molecule has 0 radical (unpaired) electrons. The molecule has 0 heterocycles. The predicted molar refractivity (Wildman–Crippen MR) is 106 cm³/mol. The van der Waals surface area contributed by atoms with Crippen LogP contribution in [0.1, 0.15) is 31.9 Å². The Morgan fingerprint density at radius 2 is 1.71 bits per heavy atom. The first-order valence-electron chi connectivity index (χ1n) is 9.28. The van der Waals surface area contributed by atoms with Gasteiger partial charge < -0.3 is 15.0 Å². The van der Waals surface area contributed by atoms with Crippen molar-refractivity contribution in [3.8, 4) is 5.75 Å². The summed E-state index contributed by atoms with van der Waals surface area (Å²) in [7, 11) is 1.58. The number of carbonyl (C=O) groups is 2. The summed E-state index contributed by atoms with van der Waals surface area (Å²) < 4.78 is 19.1. The monoisotopic (exact) mass is 386 g/mol. The number of rotatable bonds is 8. The normalized spacial score (nSPS) is 11.8. The van der Waals surface area contributed by atoms with E-state index in [0.29, 0.717) is 11.3 Å². The van der Waals surface area contributed by atoms with Gasteiger partial charge in [-0.25, -0.2) is 4.39 Å². The van der Waals surface area contributed by atoms with Crippen molar-refractivity contribution in [2.45, 2.75) is 45.8 Å². The molecule has 0 unspecified atom stereocenters. The molecule has 150 valence electrons. The lowest BCUT2D eigenvalue weighted by molar-refractivity contribution is -0.140. The summed E-state index contributed by atoms with van der Waals surface area (Å²) in [6.07, 6.45) is -0.109. The van der Waals surface area contributed by atoms with Gasteiger partial charge in [0.15, 0.2) is 0 Å². The number of nitrogens with zero attached hydrogens (tertiary/aromatic N) is 1. The summed E-state index contributed by atoms with van der Waals surface area (Å²) in [6, 6.07) is 12.7. The lowest BCUT2D eigenvalue weighted by Gasteiger charge is -2.29. The number of halogens is 1. The SMILES string of the molecule is COc1ccc(CN(C(=O)Cc2ccccc2F)[C@@H](C)C(=O)NC(C)C)cc1. The van der Waals surface area contributed by atoms with Gasteiger partial charge in [-0.1, -0.05) is 30.3 Å². The molecule has 2 aromatic rings. The van der Waals surface area contributed by atoms with Gasteiger partial charge in [-0.3, -0.25) is 9.59 Å². The van der Waals surface area contributed by atoms with Crippen LogP contribution in [0.5, 0.6) is 5.75 Å². The highest BCUT2D eigenvalue weighted by molar-refractivity contribution is 5.88. The zero-order chi connectivity index (χ0) is 20.7. The highest BCUT2D eigenvalue weighted by Crippen LogP contribution is 2.17. The number of amides is 2. The third kappa shape index (κ3) is 5.81. The van der Waals surface area contributed by atoms with Gasteiger partial charge in [0, 0.05) is 12.6 Å². The van der Waals surface area contributed by atoms with Crippen LogP contribution in [0.25, 0.3) is 0 Å². The van der Waals surface area contributed by atoms with E-state index in [-0.39, 0.29) is 30.8 Å². The molecular formula is C22H27FN2O3. The Bertz CT molecular complexity index is 806. The van der Waals surface area contributed by atoms with Crippen molar-refractivity contribution in [3.63, 3.8) is 0 Å². The van der Waals surface area contributed by atoms with Gasteiger partial charge in [-0.05, 0) is 50.1 Å². The molecule has 0 aliphatic carbocycles. The van der Waals surface area contributed by atoms with Crippen molar-refractivity contribution in [1.82, 2.24) is 10.2 Å². The van der Waals surface area contributed by atoms with Crippen LogP contribution in [0.2, 0.25) is 0 Å². The standard InChI is InChI=1S/C22H27FN2O3/c1-15(2)24-22(27)16(3)25(14-17-9-11-19(28-4)12-10-17)21(26)13-18-7-5-6-8-20(18)23/h5-12,15-16H,13-14H2,1-4H3,(H,24,27)/t16-/m0/s1. The van der Waals surface area contributed by atoms with Crippen LogP contribution in [0.4, 0.5) is 4.39 Å². The maximum atomic E-state index is 14.0. The Morgan fingerprint density at radius 1 is 1.07 bits per heavy atom. The highest BCUT2D eigenvalue weighted by Gasteiger charge is 2.27. The molecule has 1 atom stereocenters. The highest BCUT2D eigenvalue weighted by atomic mass is 19.1. The zero-order valence-corrected chi connectivity index (χ0v) is 16.7. The lowest BCUT2D eigenvalue weighted by Crippen LogP contribution is -2.49. The van der Waals surface area contributed by atoms with Crippen LogP contribution in [-0.2, 0) is 22.6 Å². The molecule has 0 aliphatic heterocycles. The van der Waals surface area contributed by atoms with Crippen molar-refractivity contribution < 1.29 is 18.7 Å². The molecule has 0 fully saturated rings. The fraction of sp³-hybridized carbons (Fsp3) is 0.364. The summed E-state index contributed by atoms with van der Waals surface area (Å²) in [5.41, 5.74) is 1.16. The molecule has 0 aliphatic rings. The number of ether oxygens (including phenoxy) is 1. The number of benzene rings is 2. The van der Waals surface area contributed by atoms with Gasteiger partial charge in [0.25, 0.3) is 0 Å².